The van der Waals surface area contributed by atoms with Crippen molar-refractivity contribution in [1.29, 1.82) is 0 Å². The van der Waals surface area contributed by atoms with Crippen LogP contribution in [0.25, 0.3) is 0 Å². The topological polar surface area (TPSA) is 0 Å². The van der Waals surface area contributed by atoms with Crippen LogP contribution >= 0.6 is 0 Å². The molecule has 0 aliphatic carbocycles. The van der Waals surface area contributed by atoms with Gasteiger partial charge >= 0.3 is 0 Å². The number of rotatable bonds is 0. The van der Waals surface area contributed by atoms with E-state index in [1.165, 1.54) is 0 Å². The zero-order valence-corrected chi connectivity index (χ0v) is 21.1. The van der Waals surface area contributed by atoms with E-state index in [0.29, 0.717) is 5.92 Å². The van der Waals surface area contributed by atoms with Crippen molar-refractivity contribution in [3.05, 3.63) is 86.1 Å². The molecule has 2 rings (SSSR count). The summed E-state index contributed by atoms with van der Waals surface area (Å²) in [5.41, 5.74) is 1.07. The molecule has 0 amide bonds. The van der Waals surface area contributed by atoms with Crippen molar-refractivity contribution >= 4 is 0 Å². The van der Waals surface area contributed by atoms with Crippen LogP contribution in [-0.4, -0.2) is 0 Å². The molecule has 2 aromatic rings. The molecule has 0 spiro atoms. The number of hydrogen-bond acceptors (Lipinski definition) is 0. The molecule has 23 heavy (non-hydrogen) atoms. The molecule has 0 N–H and O–H groups in total. The van der Waals surface area contributed by atoms with Gasteiger partial charge in [0.25, 0.3) is 0 Å². The third-order valence-electron chi connectivity index (χ3n) is 1.45. The molecule has 0 heterocycles. The molecule has 0 aromatic heterocycles. The van der Waals surface area contributed by atoms with Gasteiger partial charge in [-0.05, 0) is 5.92 Å². The van der Waals surface area contributed by atoms with Crippen LogP contribution in [0.1, 0.15) is 40.2 Å². The molecule has 127 valence electrons. The van der Waals surface area contributed by atoms with E-state index < -0.39 is 0 Å². The Labute approximate surface area is 185 Å². The van der Waals surface area contributed by atoms with Crippen LogP contribution in [0.15, 0.2) is 60.7 Å². The molecule has 0 aliphatic rings. The van der Waals surface area contributed by atoms with Gasteiger partial charge in [0.1, 0.15) is 0 Å². The molecule has 0 bridgehead atoms. The summed E-state index contributed by atoms with van der Waals surface area (Å²) in [6.07, 6.45) is 0. The maximum absolute atomic E-state index is 3.72. The molecule has 2 heteroatoms. The van der Waals surface area contributed by atoms with Crippen LogP contribution in [0.4, 0.5) is 0 Å². The molecular weight excluding hydrogens is 525 g/mol. The number of benzene rings is 2. The monoisotopic (exact) mass is 556 g/mol. The van der Waals surface area contributed by atoms with Crippen LogP contribution in [0.5, 0.6) is 0 Å². The van der Waals surface area contributed by atoms with Gasteiger partial charge in [0.15, 0.2) is 0 Å². The second kappa shape index (κ2) is 24.4. The van der Waals surface area contributed by atoms with E-state index in [0.717, 1.165) is 11.5 Å². The van der Waals surface area contributed by atoms with Crippen molar-refractivity contribution in [3.63, 3.8) is 0 Å². The summed E-state index contributed by atoms with van der Waals surface area (Å²) in [5, 5.41) is 0. The standard InChI is InChI=1S/C7H7.C6H5.C4H10.C4H9.W.Y/c1-7-5-3-2-4-6-7;1-2-4-6-5-3-1;2*1-4(2)3;;/h2-6H,1H2;1-5H;4H,1-3H3;4H,1H2,2-3H3;;/q2*-1;;-1;;. The van der Waals surface area contributed by atoms with Gasteiger partial charge in [-0.3, -0.25) is 0 Å². The summed E-state index contributed by atoms with van der Waals surface area (Å²) in [5.74, 6) is 1.42. The molecule has 0 fully saturated rings. The van der Waals surface area contributed by atoms with Gasteiger partial charge in [0.2, 0.25) is 0 Å². The van der Waals surface area contributed by atoms with Gasteiger partial charge < -0.3 is 6.92 Å². The average molecular weight is 556 g/mol. The van der Waals surface area contributed by atoms with Gasteiger partial charge in [0.05, 0.1) is 0 Å². The van der Waals surface area contributed by atoms with Crippen molar-refractivity contribution in [2.45, 2.75) is 34.6 Å². The third-order valence-corrected chi connectivity index (χ3v) is 1.45. The molecule has 0 saturated carbocycles. The second-order valence-electron chi connectivity index (χ2n) is 5.69. The molecule has 0 aliphatic heterocycles. The van der Waals surface area contributed by atoms with E-state index in [1.807, 2.05) is 60.7 Å². The van der Waals surface area contributed by atoms with Crippen LogP contribution in [0.2, 0.25) is 0 Å². The van der Waals surface area contributed by atoms with Crippen LogP contribution in [0, 0.1) is 31.7 Å². The predicted octanol–water partition coefficient (Wildman–Crippen LogP) is 6.49. The van der Waals surface area contributed by atoms with E-state index >= 15 is 0 Å². The maximum atomic E-state index is 3.72. The molecule has 0 unspecified atom stereocenters. The Hall–Kier alpha value is 0.102. The van der Waals surface area contributed by atoms with E-state index in [-0.39, 0.29) is 53.8 Å². The molecule has 0 nitrogen and oxygen atoms in total. The molecular formula is C21H31WY-3. The predicted molar refractivity (Wildman–Crippen MR) is 96.9 cm³/mol. The third kappa shape index (κ3) is 44.9. The van der Waals surface area contributed by atoms with Gasteiger partial charge in [0, 0.05) is 53.8 Å². The van der Waals surface area contributed by atoms with Crippen molar-refractivity contribution in [2.24, 2.45) is 11.8 Å². The Morgan fingerprint density at radius 2 is 1.09 bits per heavy atom. The zero-order chi connectivity index (χ0) is 16.5. The Balaban J connectivity index is -0.000000105. The van der Waals surface area contributed by atoms with Gasteiger partial charge in [-0.15, -0.1) is 12.1 Å². The second-order valence-corrected chi connectivity index (χ2v) is 5.69. The first-order chi connectivity index (χ1) is 9.86. The maximum Gasteiger partial charge on any atom is 0 e. The smallest absolute Gasteiger partial charge is 0 e. The van der Waals surface area contributed by atoms with E-state index in [9.17, 15) is 0 Å². The Morgan fingerprint density at radius 1 is 0.783 bits per heavy atom. The van der Waals surface area contributed by atoms with Gasteiger partial charge in [-0.2, -0.15) is 66.9 Å². The first-order valence-electron chi connectivity index (χ1n) is 7.47. The van der Waals surface area contributed by atoms with Crippen molar-refractivity contribution in [2.75, 3.05) is 0 Å². The van der Waals surface area contributed by atoms with Crippen molar-refractivity contribution in [1.82, 2.24) is 0 Å². The van der Waals surface area contributed by atoms with E-state index in [4.69, 9.17) is 0 Å². The number of hydrogen-bond donors (Lipinski definition) is 0. The molecule has 2 aromatic carbocycles. The van der Waals surface area contributed by atoms with E-state index in [1.54, 1.807) is 0 Å². The summed E-state index contributed by atoms with van der Waals surface area (Å²) in [7, 11) is 0. The summed E-state index contributed by atoms with van der Waals surface area (Å²) in [6, 6.07) is 22.4. The van der Waals surface area contributed by atoms with Gasteiger partial charge in [-0.25, -0.2) is 0 Å². The summed E-state index contributed by atoms with van der Waals surface area (Å²) >= 11 is 0. The summed E-state index contributed by atoms with van der Waals surface area (Å²) in [6.45, 7) is 18.0. The first-order valence-corrected chi connectivity index (χ1v) is 7.47. The van der Waals surface area contributed by atoms with Gasteiger partial charge in [-0.1, -0.05) is 40.7 Å². The fraction of sp³-hybridized carbons (Fsp3) is 0.333. The normalized spacial score (nSPS) is 7.83. The molecule has 1 radical (unpaired) electrons. The summed E-state index contributed by atoms with van der Waals surface area (Å²) < 4.78 is 0. The van der Waals surface area contributed by atoms with E-state index in [2.05, 4.69) is 54.5 Å². The minimum absolute atomic E-state index is 0. The quantitative estimate of drug-likeness (QED) is 0.326. The molecule has 0 atom stereocenters. The van der Waals surface area contributed by atoms with Crippen molar-refractivity contribution < 1.29 is 53.8 Å². The first kappa shape index (κ1) is 30.9. The van der Waals surface area contributed by atoms with Crippen LogP contribution in [-0.2, 0) is 53.8 Å². The average Bonchev–Trinajstić information content (AvgIpc) is 2.41. The summed E-state index contributed by atoms with van der Waals surface area (Å²) in [4.78, 5) is 0. The minimum Gasteiger partial charge on any atom is -0.341 e. The Kier molecular flexibility index (Phi) is 32.8. The Bertz CT molecular complexity index is 347. The Morgan fingerprint density at radius 3 is 1.22 bits per heavy atom. The fourth-order valence-corrected chi connectivity index (χ4v) is 0.820. The van der Waals surface area contributed by atoms with Crippen molar-refractivity contribution in [3.8, 4) is 0 Å². The largest absolute Gasteiger partial charge is 0.341 e. The van der Waals surface area contributed by atoms with Crippen LogP contribution < -0.4 is 0 Å². The molecule has 0 saturated heterocycles. The minimum atomic E-state index is 0. The fourth-order valence-electron chi connectivity index (χ4n) is 0.820. The van der Waals surface area contributed by atoms with Crippen LogP contribution in [0.3, 0.4) is 0 Å². The SMILES string of the molecule is CC(C)C.[CH2-]C(C)C.[CH2-]c1ccccc1.[W].[Y].[c-]1ccccc1. The zero-order valence-electron chi connectivity index (χ0n) is 15.3.